The van der Waals surface area contributed by atoms with Gasteiger partial charge in [-0.15, -0.1) is 0 Å². The van der Waals surface area contributed by atoms with Gasteiger partial charge < -0.3 is 10.0 Å². The molecule has 0 bridgehead atoms. The molecule has 27 heavy (non-hydrogen) atoms. The summed E-state index contributed by atoms with van der Waals surface area (Å²) >= 11 is 6.24. The van der Waals surface area contributed by atoms with Gasteiger partial charge in [0.15, 0.2) is 0 Å². The Morgan fingerprint density at radius 1 is 1.37 bits per heavy atom. The van der Waals surface area contributed by atoms with Gasteiger partial charge in [-0.3, -0.25) is 9.58 Å². The lowest BCUT2D eigenvalue weighted by atomic mass is 9.85. The van der Waals surface area contributed by atoms with E-state index >= 15 is 0 Å². The Morgan fingerprint density at radius 3 is 2.81 bits per heavy atom. The second-order valence-corrected chi connectivity index (χ2v) is 8.09. The minimum atomic E-state index is -0.577. The van der Waals surface area contributed by atoms with Crippen molar-refractivity contribution >= 4 is 11.6 Å². The van der Waals surface area contributed by atoms with Crippen LogP contribution in [0.4, 0.5) is 0 Å². The molecule has 1 aliphatic heterocycles. The first-order valence-electron chi connectivity index (χ1n) is 9.83. The number of nitrogens with zero attached hydrogens (tertiary/aromatic N) is 4. The summed E-state index contributed by atoms with van der Waals surface area (Å²) in [5.74, 6) is 0.520. The third-order valence-electron chi connectivity index (χ3n) is 5.63. The van der Waals surface area contributed by atoms with E-state index in [2.05, 4.69) is 35.1 Å². The second-order valence-electron chi connectivity index (χ2n) is 7.68. The molecule has 1 saturated heterocycles. The summed E-state index contributed by atoms with van der Waals surface area (Å²) in [4.78, 5) is 4.80. The number of aromatic nitrogens is 2. The molecule has 1 N–H and O–H groups in total. The molecule has 6 heteroatoms. The third-order valence-corrected chi connectivity index (χ3v) is 5.97. The normalized spacial score (nSPS) is 22.3. The molecule has 3 rings (SSSR count). The summed E-state index contributed by atoms with van der Waals surface area (Å²) in [5, 5.41) is 15.7. The van der Waals surface area contributed by atoms with Gasteiger partial charge in [-0.1, -0.05) is 36.7 Å². The SMILES string of the molecule is CCN1CCC[C@@H](CN(C)C[C@@H](O)c2ccccc2Cl)[C@@H]1c1cnn(C)c1. The monoisotopic (exact) mass is 390 g/mol. The molecular formula is C21H31ClN4O. The molecule has 3 atom stereocenters. The van der Waals surface area contributed by atoms with Crippen LogP contribution < -0.4 is 0 Å². The maximum Gasteiger partial charge on any atom is 0.0931 e. The van der Waals surface area contributed by atoms with Crippen molar-refractivity contribution in [2.45, 2.75) is 31.9 Å². The molecule has 1 fully saturated rings. The number of hydrogen-bond acceptors (Lipinski definition) is 4. The molecule has 0 amide bonds. The molecule has 2 aromatic rings. The summed E-state index contributed by atoms with van der Waals surface area (Å²) < 4.78 is 1.89. The molecule has 148 valence electrons. The molecule has 0 aliphatic carbocycles. The third kappa shape index (κ3) is 4.91. The van der Waals surface area contributed by atoms with Crippen LogP contribution >= 0.6 is 11.6 Å². The minimum Gasteiger partial charge on any atom is -0.387 e. The van der Waals surface area contributed by atoms with E-state index in [0.717, 1.165) is 25.2 Å². The van der Waals surface area contributed by atoms with E-state index < -0.39 is 6.10 Å². The van der Waals surface area contributed by atoms with Crippen LogP contribution in [0.15, 0.2) is 36.7 Å². The van der Waals surface area contributed by atoms with E-state index in [1.807, 2.05) is 42.2 Å². The molecule has 1 aliphatic rings. The van der Waals surface area contributed by atoms with Crippen molar-refractivity contribution in [2.24, 2.45) is 13.0 Å². The lowest BCUT2D eigenvalue weighted by Gasteiger charge is -2.42. The fraction of sp³-hybridized carbons (Fsp3) is 0.571. The van der Waals surface area contributed by atoms with Crippen LogP contribution in [0.1, 0.15) is 43.0 Å². The molecule has 2 heterocycles. The first kappa shape index (κ1) is 20.3. The predicted octanol–water partition coefficient (Wildman–Crippen LogP) is 3.51. The maximum absolute atomic E-state index is 10.6. The van der Waals surface area contributed by atoms with Gasteiger partial charge in [-0.05, 0) is 45.0 Å². The molecule has 0 unspecified atom stereocenters. The van der Waals surface area contributed by atoms with E-state index in [4.69, 9.17) is 11.6 Å². The number of likely N-dealkylation sites (tertiary alicyclic amines) is 1. The maximum atomic E-state index is 10.6. The quantitative estimate of drug-likeness (QED) is 0.785. The van der Waals surface area contributed by atoms with Gasteiger partial charge in [-0.2, -0.15) is 5.10 Å². The van der Waals surface area contributed by atoms with Crippen LogP contribution in [0, 0.1) is 5.92 Å². The average Bonchev–Trinajstić information content (AvgIpc) is 3.07. The number of hydrogen-bond donors (Lipinski definition) is 1. The Morgan fingerprint density at radius 2 is 2.15 bits per heavy atom. The second kappa shape index (κ2) is 9.20. The van der Waals surface area contributed by atoms with Crippen LogP contribution in [0.3, 0.4) is 0 Å². The number of benzene rings is 1. The van der Waals surface area contributed by atoms with Crippen LogP contribution in [0.2, 0.25) is 5.02 Å². The summed E-state index contributed by atoms with van der Waals surface area (Å²) in [6.45, 7) is 5.93. The van der Waals surface area contributed by atoms with Gasteiger partial charge in [-0.25, -0.2) is 0 Å². The van der Waals surface area contributed by atoms with Gasteiger partial charge in [0.05, 0.1) is 12.3 Å². The van der Waals surface area contributed by atoms with E-state index in [1.54, 1.807) is 0 Å². The standard InChI is InChI=1S/C21H31ClN4O/c1-4-26-11-7-8-16(21(26)17-12-23-25(3)14-17)13-24(2)15-20(27)18-9-5-6-10-19(18)22/h5-6,9-10,12,14,16,20-21,27H,4,7-8,11,13,15H2,1-3H3/t16-,20+,21+/m0/s1. The Bertz CT molecular complexity index is 734. The molecule has 1 aromatic carbocycles. The number of aryl methyl sites for hydroxylation is 1. The zero-order valence-electron chi connectivity index (χ0n) is 16.6. The first-order chi connectivity index (χ1) is 13.0. The van der Waals surface area contributed by atoms with Crippen molar-refractivity contribution in [3.05, 3.63) is 52.8 Å². The minimum absolute atomic E-state index is 0.386. The number of aliphatic hydroxyl groups is 1. The highest BCUT2D eigenvalue weighted by Crippen LogP contribution is 2.36. The number of piperidine rings is 1. The van der Waals surface area contributed by atoms with Crippen LogP contribution in [-0.2, 0) is 7.05 Å². The summed E-state index contributed by atoms with van der Waals surface area (Å²) in [6, 6.07) is 7.93. The Kier molecular flexibility index (Phi) is 6.93. The number of halogens is 1. The molecule has 5 nitrogen and oxygen atoms in total. The summed E-state index contributed by atoms with van der Waals surface area (Å²) in [6.07, 6.45) is 5.99. The predicted molar refractivity (Wildman–Crippen MR) is 110 cm³/mol. The van der Waals surface area contributed by atoms with Gasteiger partial charge in [0, 0.05) is 48.5 Å². The van der Waals surface area contributed by atoms with Crippen molar-refractivity contribution in [3.8, 4) is 0 Å². The number of rotatable bonds is 7. The van der Waals surface area contributed by atoms with E-state index in [-0.39, 0.29) is 0 Å². The van der Waals surface area contributed by atoms with Crippen molar-refractivity contribution in [1.82, 2.24) is 19.6 Å². The Labute approximate surface area is 167 Å². The van der Waals surface area contributed by atoms with Gasteiger partial charge >= 0.3 is 0 Å². The first-order valence-corrected chi connectivity index (χ1v) is 10.2. The van der Waals surface area contributed by atoms with Crippen molar-refractivity contribution in [3.63, 3.8) is 0 Å². The van der Waals surface area contributed by atoms with Crippen molar-refractivity contribution in [2.75, 3.05) is 33.2 Å². The largest absolute Gasteiger partial charge is 0.387 e. The van der Waals surface area contributed by atoms with Gasteiger partial charge in [0.2, 0.25) is 0 Å². The number of aliphatic hydroxyl groups excluding tert-OH is 1. The molecule has 1 aromatic heterocycles. The fourth-order valence-corrected chi connectivity index (χ4v) is 4.65. The van der Waals surface area contributed by atoms with Crippen LogP contribution in [0.5, 0.6) is 0 Å². The topological polar surface area (TPSA) is 44.5 Å². The van der Waals surface area contributed by atoms with Gasteiger partial charge in [0.25, 0.3) is 0 Å². The average molecular weight is 391 g/mol. The molecule has 0 spiro atoms. The summed E-state index contributed by atoms with van der Waals surface area (Å²) in [7, 11) is 4.06. The Balaban J connectivity index is 1.69. The summed E-state index contributed by atoms with van der Waals surface area (Å²) in [5.41, 5.74) is 2.10. The highest BCUT2D eigenvalue weighted by atomic mass is 35.5. The Hall–Kier alpha value is -1.40. The fourth-order valence-electron chi connectivity index (χ4n) is 4.39. The zero-order chi connectivity index (χ0) is 19.4. The van der Waals surface area contributed by atoms with Crippen LogP contribution in [-0.4, -0.2) is 57.9 Å². The molecular weight excluding hydrogens is 360 g/mol. The lowest BCUT2D eigenvalue weighted by molar-refractivity contribution is 0.0597. The van der Waals surface area contributed by atoms with Crippen molar-refractivity contribution < 1.29 is 5.11 Å². The van der Waals surface area contributed by atoms with E-state index in [1.165, 1.54) is 18.4 Å². The van der Waals surface area contributed by atoms with E-state index in [9.17, 15) is 5.11 Å². The lowest BCUT2D eigenvalue weighted by Crippen LogP contribution is -2.43. The van der Waals surface area contributed by atoms with Crippen LogP contribution in [0.25, 0.3) is 0 Å². The van der Waals surface area contributed by atoms with E-state index in [0.29, 0.717) is 23.5 Å². The zero-order valence-corrected chi connectivity index (χ0v) is 17.3. The van der Waals surface area contributed by atoms with Gasteiger partial charge in [0.1, 0.15) is 0 Å². The molecule has 0 saturated carbocycles. The highest BCUT2D eigenvalue weighted by Gasteiger charge is 2.33. The number of likely N-dealkylation sites (N-methyl/N-ethyl adjacent to an activating group) is 1. The highest BCUT2D eigenvalue weighted by molar-refractivity contribution is 6.31. The molecule has 0 radical (unpaired) electrons. The van der Waals surface area contributed by atoms with Crippen molar-refractivity contribution in [1.29, 1.82) is 0 Å². The smallest absolute Gasteiger partial charge is 0.0931 e.